The molecule has 19 heavy (non-hydrogen) atoms. The van der Waals surface area contributed by atoms with Gasteiger partial charge >= 0.3 is 0 Å². The van der Waals surface area contributed by atoms with Crippen molar-refractivity contribution in [3.63, 3.8) is 0 Å². The van der Waals surface area contributed by atoms with Crippen LogP contribution in [0.25, 0.3) is 0 Å². The molecule has 112 valence electrons. The number of hydrogen-bond acceptors (Lipinski definition) is 2. The van der Waals surface area contributed by atoms with Gasteiger partial charge in [-0.1, -0.05) is 39.5 Å². The van der Waals surface area contributed by atoms with Gasteiger partial charge in [-0.2, -0.15) is 0 Å². The normalized spacial score (nSPS) is 23.8. The summed E-state index contributed by atoms with van der Waals surface area (Å²) in [4.78, 5) is 2.59. The molecule has 0 amide bonds. The van der Waals surface area contributed by atoms with Gasteiger partial charge in [0.2, 0.25) is 0 Å². The number of nitrogens with one attached hydrogen (secondary N) is 1. The maximum atomic E-state index is 3.83. The van der Waals surface area contributed by atoms with Crippen LogP contribution in [0.5, 0.6) is 0 Å². The van der Waals surface area contributed by atoms with Gasteiger partial charge in [0.05, 0.1) is 0 Å². The quantitative estimate of drug-likeness (QED) is 0.707. The molecule has 2 aliphatic carbocycles. The lowest BCUT2D eigenvalue weighted by molar-refractivity contribution is 0.137. The zero-order valence-corrected chi connectivity index (χ0v) is 13.4. The van der Waals surface area contributed by atoms with E-state index < -0.39 is 0 Å². The molecule has 0 aromatic rings. The third kappa shape index (κ3) is 5.43. The van der Waals surface area contributed by atoms with E-state index in [4.69, 9.17) is 0 Å². The molecule has 0 aliphatic heterocycles. The third-order valence-electron chi connectivity index (χ3n) is 4.79. The average molecular weight is 266 g/mol. The summed E-state index contributed by atoms with van der Waals surface area (Å²) in [5.74, 6) is 0.782. The molecule has 0 unspecified atom stereocenters. The second-order valence-electron chi connectivity index (χ2n) is 7.66. The molecule has 0 radical (unpaired) electrons. The molecule has 0 aromatic heterocycles. The van der Waals surface area contributed by atoms with Crippen LogP contribution in [0.15, 0.2) is 0 Å². The first-order valence-electron chi connectivity index (χ1n) is 8.52. The van der Waals surface area contributed by atoms with E-state index in [1.807, 2.05) is 0 Å². The van der Waals surface area contributed by atoms with Crippen molar-refractivity contribution in [1.29, 1.82) is 0 Å². The first-order chi connectivity index (χ1) is 9.10. The maximum Gasteiger partial charge on any atom is 0.00684 e. The highest BCUT2D eigenvalue weighted by Crippen LogP contribution is 2.36. The summed E-state index contributed by atoms with van der Waals surface area (Å²) in [7, 11) is 2.32. The van der Waals surface area contributed by atoms with Gasteiger partial charge in [0.25, 0.3) is 0 Å². The van der Waals surface area contributed by atoms with Crippen molar-refractivity contribution in [2.45, 2.75) is 71.3 Å². The van der Waals surface area contributed by atoms with Crippen molar-refractivity contribution in [3.8, 4) is 0 Å². The monoisotopic (exact) mass is 266 g/mol. The van der Waals surface area contributed by atoms with E-state index in [1.54, 1.807) is 0 Å². The topological polar surface area (TPSA) is 15.3 Å². The molecular weight excluding hydrogens is 232 g/mol. The van der Waals surface area contributed by atoms with E-state index in [0.29, 0.717) is 5.41 Å². The molecule has 2 rings (SSSR count). The second kappa shape index (κ2) is 7.08. The average Bonchev–Trinajstić information content (AvgIpc) is 3.13. The molecule has 2 fully saturated rings. The predicted octanol–water partition coefficient (Wildman–Crippen LogP) is 3.67. The fourth-order valence-electron chi connectivity index (χ4n) is 3.78. The van der Waals surface area contributed by atoms with Crippen LogP contribution in [0.1, 0.15) is 65.2 Å². The van der Waals surface area contributed by atoms with Crippen molar-refractivity contribution in [1.82, 2.24) is 10.2 Å². The fraction of sp³-hybridized carbons (Fsp3) is 1.00. The van der Waals surface area contributed by atoms with E-state index in [-0.39, 0.29) is 0 Å². The minimum absolute atomic E-state index is 0.558. The van der Waals surface area contributed by atoms with Gasteiger partial charge < -0.3 is 10.2 Å². The van der Waals surface area contributed by atoms with Crippen LogP contribution in [0.2, 0.25) is 0 Å². The summed E-state index contributed by atoms with van der Waals surface area (Å²) >= 11 is 0. The highest BCUT2D eigenvalue weighted by Gasteiger charge is 2.34. The van der Waals surface area contributed by atoms with Crippen molar-refractivity contribution in [2.24, 2.45) is 11.3 Å². The summed E-state index contributed by atoms with van der Waals surface area (Å²) in [5.41, 5.74) is 0.558. The Kier molecular flexibility index (Phi) is 5.70. The molecule has 2 aliphatic rings. The molecule has 0 atom stereocenters. The summed E-state index contributed by atoms with van der Waals surface area (Å²) in [6, 6.07) is 0.857. The van der Waals surface area contributed by atoms with Gasteiger partial charge in [0, 0.05) is 25.7 Å². The van der Waals surface area contributed by atoms with Crippen LogP contribution < -0.4 is 5.32 Å². The minimum Gasteiger partial charge on any atom is -0.313 e. The highest BCUT2D eigenvalue weighted by atomic mass is 15.1. The van der Waals surface area contributed by atoms with E-state index in [0.717, 1.165) is 12.0 Å². The van der Waals surface area contributed by atoms with Gasteiger partial charge in [-0.3, -0.25) is 0 Å². The second-order valence-corrected chi connectivity index (χ2v) is 7.66. The van der Waals surface area contributed by atoms with Crippen molar-refractivity contribution in [2.75, 3.05) is 26.7 Å². The Labute approximate surface area is 120 Å². The smallest absolute Gasteiger partial charge is 0.00684 e. The molecule has 0 saturated heterocycles. The molecule has 0 heterocycles. The molecular formula is C17H34N2. The zero-order chi connectivity index (χ0) is 13.7. The van der Waals surface area contributed by atoms with Crippen LogP contribution >= 0.6 is 0 Å². The Morgan fingerprint density at radius 3 is 2.26 bits per heavy atom. The third-order valence-corrected chi connectivity index (χ3v) is 4.79. The molecule has 0 spiro atoms. The molecule has 1 N–H and O–H groups in total. The molecule has 2 nitrogen and oxygen atoms in total. The van der Waals surface area contributed by atoms with Crippen molar-refractivity contribution >= 4 is 0 Å². The van der Waals surface area contributed by atoms with Crippen LogP contribution in [0.4, 0.5) is 0 Å². The van der Waals surface area contributed by atoms with Crippen LogP contribution in [-0.2, 0) is 0 Å². The van der Waals surface area contributed by atoms with E-state index in [2.05, 4.69) is 31.1 Å². The van der Waals surface area contributed by atoms with E-state index in [1.165, 1.54) is 71.0 Å². The number of hydrogen-bond donors (Lipinski definition) is 1. The number of nitrogens with zero attached hydrogens (tertiary/aromatic N) is 1. The minimum atomic E-state index is 0.558. The Morgan fingerprint density at radius 2 is 1.74 bits per heavy atom. The van der Waals surface area contributed by atoms with Crippen LogP contribution in [-0.4, -0.2) is 37.6 Å². The van der Waals surface area contributed by atoms with Gasteiger partial charge in [-0.15, -0.1) is 0 Å². The predicted molar refractivity (Wildman–Crippen MR) is 83.5 cm³/mol. The largest absolute Gasteiger partial charge is 0.313 e. The molecule has 2 saturated carbocycles. The lowest BCUT2D eigenvalue weighted by Gasteiger charge is -2.37. The van der Waals surface area contributed by atoms with Gasteiger partial charge in [-0.25, -0.2) is 0 Å². The Balaban J connectivity index is 1.90. The van der Waals surface area contributed by atoms with Gasteiger partial charge in [0.1, 0.15) is 0 Å². The Morgan fingerprint density at radius 1 is 1.11 bits per heavy atom. The molecule has 0 bridgehead atoms. The maximum absolute atomic E-state index is 3.83. The summed E-state index contributed by atoms with van der Waals surface area (Å²) < 4.78 is 0. The SMILES string of the molecule is CC(C)CN(C)CC1(CNC2CC2)CCCCCC1. The lowest BCUT2D eigenvalue weighted by Crippen LogP contribution is -2.44. The first-order valence-corrected chi connectivity index (χ1v) is 8.52. The van der Waals surface area contributed by atoms with E-state index in [9.17, 15) is 0 Å². The summed E-state index contributed by atoms with van der Waals surface area (Å²) in [6.07, 6.45) is 11.5. The Hall–Kier alpha value is -0.0800. The summed E-state index contributed by atoms with van der Waals surface area (Å²) in [6.45, 7) is 8.47. The van der Waals surface area contributed by atoms with Crippen molar-refractivity contribution < 1.29 is 0 Å². The van der Waals surface area contributed by atoms with E-state index >= 15 is 0 Å². The van der Waals surface area contributed by atoms with Crippen LogP contribution in [0, 0.1) is 11.3 Å². The standard InChI is InChI=1S/C17H34N2/c1-15(2)12-19(3)14-17(13-18-16-8-9-16)10-6-4-5-7-11-17/h15-16,18H,4-14H2,1-3H3. The number of rotatable bonds is 7. The van der Waals surface area contributed by atoms with Gasteiger partial charge in [-0.05, 0) is 44.1 Å². The lowest BCUT2D eigenvalue weighted by atomic mass is 9.79. The fourth-order valence-corrected chi connectivity index (χ4v) is 3.78. The molecule has 2 heteroatoms. The van der Waals surface area contributed by atoms with Crippen LogP contribution in [0.3, 0.4) is 0 Å². The highest BCUT2D eigenvalue weighted by molar-refractivity contribution is 4.90. The first kappa shape index (κ1) is 15.3. The molecule has 0 aromatic carbocycles. The van der Waals surface area contributed by atoms with Crippen molar-refractivity contribution in [3.05, 3.63) is 0 Å². The summed E-state index contributed by atoms with van der Waals surface area (Å²) in [5, 5.41) is 3.83. The zero-order valence-electron chi connectivity index (χ0n) is 13.4. The Bertz CT molecular complexity index is 250. The van der Waals surface area contributed by atoms with Gasteiger partial charge in [0.15, 0.2) is 0 Å².